The Bertz CT molecular complexity index is 1830. The van der Waals surface area contributed by atoms with Crippen LogP contribution in [0.15, 0.2) is 90.0 Å². The number of hydrogen-bond donors (Lipinski definition) is 0. The molecule has 0 bridgehead atoms. The summed E-state index contributed by atoms with van der Waals surface area (Å²) in [6, 6.07) is 14.5. The Kier molecular flexibility index (Phi) is 6.96. The first-order chi connectivity index (χ1) is 18.3. The first-order valence-corrected chi connectivity index (χ1v) is 10.9. The first kappa shape index (κ1) is 25.3. The van der Waals surface area contributed by atoms with Crippen LogP contribution in [0, 0.1) is 13.8 Å². The summed E-state index contributed by atoms with van der Waals surface area (Å²) in [6.07, 6.45) is 4.24. The fourth-order valence-electron chi connectivity index (χ4n) is 3.98. The number of benzene rings is 3. The zero-order valence-corrected chi connectivity index (χ0v) is 19.9. The fourth-order valence-corrected chi connectivity index (χ4v) is 3.98. The molecule has 0 unspecified atom stereocenters. The van der Waals surface area contributed by atoms with Gasteiger partial charge in [-0.1, -0.05) is 18.2 Å². The zero-order valence-electron chi connectivity index (χ0n) is 19.9. The van der Waals surface area contributed by atoms with Crippen molar-refractivity contribution in [3.05, 3.63) is 103 Å². The molecule has 0 saturated heterocycles. The molecule has 0 atom stereocenters. The average Bonchev–Trinajstić information content (AvgIpc) is 2.89. The summed E-state index contributed by atoms with van der Waals surface area (Å²) in [5.74, 6) is 0. The normalized spacial score (nSPS) is 10.2. The van der Waals surface area contributed by atoms with E-state index in [2.05, 4.69) is 15.0 Å². The number of hydrogen-bond acceptors (Lipinski definition) is 9. The monoisotopic (exact) mass is 508 g/mol. The molecule has 12 heteroatoms. The Morgan fingerprint density at radius 1 is 0.579 bits per heavy atom. The number of rotatable bonds is 6. The van der Waals surface area contributed by atoms with E-state index in [1.165, 1.54) is 78.9 Å². The maximum Gasteiger partial charge on any atom is 0.345 e. The lowest BCUT2D eigenvalue weighted by Crippen LogP contribution is -2.53. The van der Waals surface area contributed by atoms with E-state index in [0.717, 1.165) is 13.7 Å². The maximum absolute atomic E-state index is 13.8. The van der Waals surface area contributed by atoms with Crippen LogP contribution in [0.2, 0.25) is 0 Å². The van der Waals surface area contributed by atoms with Gasteiger partial charge in [-0.3, -0.25) is 0 Å². The molecule has 1 heterocycles. The van der Waals surface area contributed by atoms with Crippen molar-refractivity contribution >= 4 is 35.3 Å². The largest absolute Gasteiger partial charge is 0.345 e. The highest BCUT2D eigenvalue weighted by molar-refractivity contribution is 5.62. The molecule has 4 rings (SSSR count). The maximum atomic E-state index is 13.8. The van der Waals surface area contributed by atoms with Crippen molar-refractivity contribution < 1.29 is 14.4 Å². The predicted octanol–water partition coefficient (Wildman–Crippen LogP) is 2.66. The van der Waals surface area contributed by atoms with Crippen LogP contribution in [-0.2, 0) is 14.4 Å². The van der Waals surface area contributed by atoms with Crippen LogP contribution in [-0.4, -0.2) is 31.9 Å². The van der Waals surface area contributed by atoms with Crippen LogP contribution in [0.25, 0.3) is 17.1 Å². The summed E-state index contributed by atoms with van der Waals surface area (Å²) in [5.41, 5.74) is -1.93. The Morgan fingerprint density at radius 3 is 1.50 bits per heavy atom. The first-order valence-electron chi connectivity index (χ1n) is 10.9. The molecule has 38 heavy (non-hydrogen) atoms. The topological polar surface area (TPSA) is 154 Å². The van der Waals surface area contributed by atoms with Gasteiger partial charge in [0.05, 0.1) is 34.1 Å². The van der Waals surface area contributed by atoms with E-state index in [-0.39, 0.29) is 34.1 Å². The SMILES string of the molecule is Cc1c(N=C=O)cccc1-n1c(=O)n(-c2cccc(N=C=O)c2)c(=O)n(-c2cccc(N=C=O)c2C)c1=O. The van der Waals surface area contributed by atoms with Gasteiger partial charge in [-0.25, -0.2) is 42.5 Å². The highest BCUT2D eigenvalue weighted by atomic mass is 16.2. The fraction of sp³-hybridized carbons (Fsp3) is 0.0769. The number of aliphatic imine (C=N–C) groups is 3. The molecular formula is C26H16N6O6. The minimum Gasteiger partial charge on any atom is -0.246 e. The lowest BCUT2D eigenvalue weighted by molar-refractivity contribution is 0.564. The van der Waals surface area contributed by atoms with Crippen molar-refractivity contribution in [2.24, 2.45) is 15.0 Å². The summed E-state index contributed by atoms with van der Waals surface area (Å²) >= 11 is 0. The van der Waals surface area contributed by atoms with Crippen LogP contribution >= 0.6 is 0 Å². The molecule has 0 fully saturated rings. The summed E-state index contributed by atoms with van der Waals surface area (Å²) in [5, 5.41) is 0. The Balaban J connectivity index is 2.23. The van der Waals surface area contributed by atoms with Crippen molar-refractivity contribution in [1.29, 1.82) is 0 Å². The molecule has 0 saturated carbocycles. The molecule has 0 aliphatic rings. The third kappa shape index (κ3) is 4.32. The number of nitrogens with zero attached hydrogens (tertiary/aromatic N) is 6. The van der Waals surface area contributed by atoms with E-state index in [4.69, 9.17) is 0 Å². The quantitative estimate of drug-likeness (QED) is 0.288. The number of carbonyl (C=O) groups excluding carboxylic acids is 3. The molecule has 4 aromatic rings. The minimum atomic E-state index is -1.03. The molecular weight excluding hydrogens is 492 g/mol. The summed E-state index contributed by atoms with van der Waals surface area (Å²) in [6.45, 7) is 3.09. The molecule has 186 valence electrons. The summed E-state index contributed by atoms with van der Waals surface area (Å²) in [4.78, 5) is 84.7. The highest BCUT2D eigenvalue weighted by Crippen LogP contribution is 2.25. The van der Waals surface area contributed by atoms with Gasteiger partial charge in [0.1, 0.15) is 0 Å². The number of isocyanates is 3. The van der Waals surface area contributed by atoms with Crippen molar-refractivity contribution in [2.75, 3.05) is 0 Å². The van der Waals surface area contributed by atoms with Crippen molar-refractivity contribution in [3.63, 3.8) is 0 Å². The molecule has 0 amide bonds. The van der Waals surface area contributed by atoms with Crippen molar-refractivity contribution in [3.8, 4) is 17.1 Å². The van der Waals surface area contributed by atoms with E-state index in [1.807, 2.05) is 0 Å². The molecule has 0 spiro atoms. The van der Waals surface area contributed by atoms with Gasteiger partial charge in [-0.05, 0) is 67.4 Å². The van der Waals surface area contributed by atoms with Gasteiger partial charge in [0.15, 0.2) is 0 Å². The van der Waals surface area contributed by atoms with Gasteiger partial charge in [-0.15, -0.1) is 0 Å². The Labute approximate surface area is 212 Å². The van der Waals surface area contributed by atoms with Gasteiger partial charge in [0, 0.05) is 0 Å². The summed E-state index contributed by atoms with van der Waals surface area (Å²) < 4.78 is 2.24. The van der Waals surface area contributed by atoms with Gasteiger partial charge >= 0.3 is 17.1 Å². The molecule has 3 aromatic carbocycles. The van der Waals surface area contributed by atoms with E-state index >= 15 is 0 Å². The van der Waals surface area contributed by atoms with E-state index in [0.29, 0.717) is 11.1 Å². The van der Waals surface area contributed by atoms with Crippen LogP contribution in [0.5, 0.6) is 0 Å². The van der Waals surface area contributed by atoms with Crippen LogP contribution < -0.4 is 17.1 Å². The average molecular weight is 508 g/mol. The van der Waals surface area contributed by atoms with Crippen LogP contribution in [0.3, 0.4) is 0 Å². The second kappa shape index (κ2) is 10.4. The molecule has 0 aliphatic heterocycles. The van der Waals surface area contributed by atoms with E-state index in [9.17, 15) is 28.8 Å². The molecule has 0 aliphatic carbocycles. The van der Waals surface area contributed by atoms with Crippen LogP contribution in [0.1, 0.15) is 11.1 Å². The van der Waals surface area contributed by atoms with Gasteiger partial charge in [0.25, 0.3) is 0 Å². The van der Waals surface area contributed by atoms with Gasteiger partial charge in [0.2, 0.25) is 18.2 Å². The van der Waals surface area contributed by atoms with E-state index < -0.39 is 17.1 Å². The lowest BCUT2D eigenvalue weighted by atomic mass is 10.1. The van der Waals surface area contributed by atoms with E-state index in [1.54, 1.807) is 13.8 Å². The standard InChI is InChI=1S/C26H16N6O6/c1-16-20(28-14-34)8-4-10-22(16)31-24(36)30(19-7-3-6-18(12-19)27-13-33)25(37)32(26(31)38)23-11-5-9-21(17(23)2)29-15-35/h3-12H,1-2H3. The third-order valence-corrected chi connectivity index (χ3v) is 5.78. The van der Waals surface area contributed by atoms with Crippen molar-refractivity contribution in [1.82, 2.24) is 13.7 Å². The van der Waals surface area contributed by atoms with Gasteiger partial charge in [-0.2, -0.15) is 15.0 Å². The smallest absolute Gasteiger partial charge is 0.246 e. The predicted molar refractivity (Wildman–Crippen MR) is 136 cm³/mol. The molecule has 0 radical (unpaired) electrons. The van der Waals surface area contributed by atoms with Gasteiger partial charge < -0.3 is 0 Å². The van der Waals surface area contributed by atoms with Crippen molar-refractivity contribution in [2.45, 2.75) is 13.8 Å². The molecule has 1 aromatic heterocycles. The molecule has 12 nitrogen and oxygen atoms in total. The molecule has 0 N–H and O–H groups in total. The number of aromatic nitrogens is 3. The third-order valence-electron chi connectivity index (χ3n) is 5.78. The Morgan fingerprint density at radius 2 is 1.03 bits per heavy atom. The Hall–Kier alpha value is -5.79. The minimum absolute atomic E-state index is 0.0124. The second-order valence-corrected chi connectivity index (χ2v) is 7.83. The highest BCUT2D eigenvalue weighted by Gasteiger charge is 2.22. The summed E-state index contributed by atoms with van der Waals surface area (Å²) in [7, 11) is 0. The van der Waals surface area contributed by atoms with Crippen LogP contribution in [0.4, 0.5) is 17.1 Å². The zero-order chi connectivity index (χ0) is 27.4. The second-order valence-electron chi connectivity index (χ2n) is 7.83. The lowest BCUT2D eigenvalue weighted by Gasteiger charge is -2.17.